The van der Waals surface area contributed by atoms with Crippen LogP contribution in [0.3, 0.4) is 0 Å². The van der Waals surface area contributed by atoms with Crippen molar-refractivity contribution in [2.45, 2.75) is 50.4 Å². The molecule has 8 heteroatoms. The van der Waals surface area contributed by atoms with E-state index in [2.05, 4.69) is 20.0 Å². The summed E-state index contributed by atoms with van der Waals surface area (Å²) in [5.74, 6) is 2.46. The lowest BCUT2D eigenvalue weighted by Gasteiger charge is -2.30. The van der Waals surface area contributed by atoms with Gasteiger partial charge in [-0.15, -0.1) is 0 Å². The normalized spacial score (nSPS) is 20.0. The first kappa shape index (κ1) is 20.5. The van der Waals surface area contributed by atoms with Gasteiger partial charge in [0.15, 0.2) is 0 Å². The summed E-state index contributed by atoms with van der Waals surface area (Å²) < 4.78 is 27.7. The Balaban J connectivity index is 1.52. The average molecular weight is 404 g/mol. The number of anilines is 2. The fourth-order valence-electron chi connectivity index (χ4n) is 3.51. The smallest absolute Gasteiger partial charge is 0.216 e. The largest absolute Gasteiger partial charge is 0.367 e. The third-order valence-electron chi connectivity index (χ3n) is 4.91. The Hall–Kier alpha value is -2.19. The van der Waals surface area contributed by atoms with Crippen LogP contribution in [0.1, 0.15) is 37.1 Å². The molecule has 0 bridgehead atoms. The molecule has 28 heavy (non-hydrogen) atoms. The van der Waals surface area contributed by atoms with Crippen LogP contribution in [0.5, 0.6) is 0 Å². The van der Waals surface area contributed by atoms with Crippen molar-refractivity contribution >= 4 is 21.7 Å². The molecule has 0 spiro atoms. The maximum absolute atomic E-state index is 12.4. The second-order valence-electron chi connectivity index (χ2n) is 7.61. The van der Waals surface area contributed by atoms with Crippen molar-refractivity contribution in [1.29, 1.82) is 0 Å². The molecule has 2 N–H and O–H groups in total. The van der Waals surface area contributed by atoms with Gasteiger partial charge in [-0.05, 0) is 38.2 Å². The van der Waals surface area contributed by atoms with E-state index in [1.165, 1.54) is 0 Å². The number of nitrogens with one attached hydrogen (secondary N) is 2. The molecule has 0 radical (unpaired) electrons. The first-order valence-electron chi connectivity index (χ1n) is 9.64. The predicted octanol–water partition coefficient (Wildman–Crippen LogP) is 2.69. The highest BCUT2D eigenvalue weighted by molar-refractivity contribution is 7.88. The first-order chi connectivity index (χ1) is 13.3. The maximum Gasteiger partial charge on any atom is 0.216 e. The van der Waals surface area contributed by atoms with Gasteiger partial charge < -0.3 is 10.2 Å². The third-order valence-corrected chi connectivity index (χ3v) is 6.31. The summed E-state index contributed by atoms with van der Waals surface area (Å²) in [6.07, 6.45) is 3.43. The van der Waals surface area contributed by atoms with Gasteiger partial charge in [0.1, 0.15) is 17.5 Å². The van der Waals surface area contributed by atoms with Gasteiger partial charge in [-0.3, -0.25) is 0 Å². The van der Waals surface area contributed by atoms with Gasteiger partial charge in [0.25, 0.3) is 0 Å². The Bertz CT molecular complexity index is 879. The summed E-state index contributed by atoms with van der Waals surface area (Å²) in [5, 5.41) is 3.49. The zero-order valence-corrected chi connectivity index (χ0v) is 17.5. The highest BCUT2D eigenvalue weighted by Crippen LogP contribution is 2.24. The van der Waals surface area contributed by atoms with Crippen LogP contribution < -0.4 is 14.9 Å². The monoisotopic (exact) mass is 403 g/mol. The van der Waals surface area contributed by atoms with Crippen molar-refractivity contribution in [3.63, 3.8) is 0 Å². The molecule has 1 aliphatic rings. The molecule has 3 rings (SSSR count). The maximum atomic E-state index is 12.4. The molecule has 0 amide bonds. The molecule has 1 aromatic heterocycles. The molecule has 1 saturated carbocycles. The van der Waals surface area contributed by atoms with Gasteiger partial charge in [-0.1, -0.05) is 30.3 Å². The standard InChI is InChI=1S/C20H29N5O2S/c1-15-21-19(13-20(22-15)25(2)3)23-17-9-11-18(12-10-17)24-28(26,27)14-16-7-5-4-6-8-16/h4-8,13,17-18,24H,9-12,14H2,1-3H3,(H,21,22,23). The van der Waals surface area contributed by atoms with Crippen molar-refractivity contribution in [2.24, 2.45) is 0 Å². The van der Waals surface area contributed by atoms with E-state index in [-0.39, 0.29) is 11.8 Å². The minimum Gasteiger partial charge on any atom is -0.367 e. The summed E-state index contributed by atoms with van der Waals surface area (Å²) in [6, 6.07) is 11.5. The number of sulfonamides is 1. The molecule has 0 aliphatic heterocycles. The van der Waals surface area contributed by atoms with Gasteiger partial charge in [0.05, 0.1) is 5.75 Å². The lowest BCUT2D eigenvalue weighted by molar-refractivity contribution is 0.386. The van der Waals surface area contributed by atoms with Crippen LogP contribution in [0.15, 0.2) is 36.4 Å². The molecule has 1 aliphatic carbocycles. The predicted molar refractivity (Wildman–Crippen MR) is 113 cm³/mol. The zero-order valence-electron chi connectivity index (χ0n) is 16.7. The lowest BCUT2D eigenvalue weighted by atomic mass is 9.92. The minimum atomic E-state index is -3.33. The van der Waals surface area contributed by atoms with Gasteiger partial charge in [-0.2, -0.15) is 0 Å². The van der Waals surface area contributed by atoms with E-state index in [4.69, 9.17) is 0 Å². The van der Waals surface area contributed by atoms with E-state index in [0.717, 1.165) is 48.7 Å². The molecule has 1 aromatic carbocycles. The highest BCUT2D eigenvalue weighted by atomic mass is 32.2. The van der Waals surface area contributed by atoms with Crippen molar-refractivity contribution in [2.75, 3.05) is 24.3 Å². The molecular weight excluding hydrogens is 374 g/mol. The number of aromatic nitrogens is 2. The van der Waals surface area contributed by atoms with Crippen LogP contribution >= 0.6 is 0 Å². The quantitative estimate of drug-likeness (QED) is 0.739. The van der Waals surface area contributed by atoms with Crippen LogP contribution in [0.25, 0.3) is 0 Å². The second-order valence-corrected chi connectivity index (χ2v) is 9.36. The van der Waals surface area contributed by atoms with Crippen LogP contribution in [0.4, 0.5) is 11.6 Å². The van der Waals surface area contributed by atoms with Crippen molar-refractivity contribution in [3.8, 4) is 0 Å². The van der Waals surface area contributed by atoms with Gasteiger partial charge in [0.2, 0.25) is 10.0 Å². The topological polar surface area (TPSA) is 87.2 Å². The molecule has 0 unspecified atom stereocenters. The van der Waals surface area contributed by atoms with Crippen LogP contribution in [-0.2, 0) is 15.8 Å². The SMILES string of the molecule is Cc1nc(NC2CCC(NS(=O)(=O)Cc3ccccc3)CC2)cc(N(C)C)n1. The van der Waals surface area contributed by atoms with E-state index in [1.807, 2.05) is 62.3 Å². The fraction of sp³-hybridized carbons (Fsp3) is 0.500. The van der Waals surface area contributed by atoms with Gasteiger partial charge in [0, 0.05) is 32.2 Å². The fourth-order valence-corrected chi connectivity index (χ4v) is 4.97. The van der Waals surface area contributed by atoms with Gasteiger partial charge in [-0.25, -0.2) is 23.1 Å². The Labute approximate surface area is 167 Å². The van der Waals surface area contributed by atoms with Crippen LogP contribution in [-0.4, -0.2) is 44.6 Å². The Morgan fingerprint density at radius 2 is 1.68 bits per heavy atom. The van der Waals surface area contributed by atoms with E-state index in [9.17, 15) is 8.42 Å². The Morgan fingerprint density at radius 1 is 1.04 bits per heavy atom. The molecule has 0 saturated heterocycles. The summed E-state index contributed by atoms with van der Waals surface area (Å²) in [6.45, 7) is 1.89. The van der Waals surface area contributed by atoms with E-state index in [1.54, 1.807) is 0 Å². The summed E-state index contributed by atoms with van der Waals surface area (Å²) in [7, 11) is 0.585. The third kappa shape index (κ3) is 5.90. The van der Waals surface area contributed by atoms with E-state index >= 15 is 0 Å². The molecule has 0 atom stereocenters. The first-order valence-corrected chi connectivity index (χ1v) is 11.3. The summed E-state index contributed by atoms with van der Waals surface area (Å²) in [5.41, 5.74) is 0.807. The average Bonchev–Trinajstić information content (AvgIpc) is 2.63. The lowest BCUT2D eigenvalue weighted by Crippen LogP contribution is -2.40. The van der Waals surface area contributed by atoms with Crippen molar-refractivity contribution in [3.05, 3.63) is 47.8 Å². The van der Waals surface area contributed by atoms with Crippen molar-refractivity contribution < 1.29 is 8.42 Å². The van der Waals surface area contributed by atoms with E-state index in [0.29, 0.717) is 6.04 Å². The molecule has 7 nitrogen and oxygen atoms in total. The molecule has 1 heterocycles. The van der Waals surface area contributed by atoms with Crippen LogP contribution in [0, 0.1) is 6.92 Å². The van der Waals surface area contributed by atoms with Crippen LogP contribution in [0.2, 0.25) is 0 Å². The Morgan fingerprint density at radius 3 is 2.32 bits per heavy atom. The minimum absolute atomic E-state index is 0.00349. The highest BCUT2D eigenvalue weighted by Gasteiger charge is 2.25. The summed E-state index contributed by atoms with van der Waals surface area (Å²) in [4.78, 5) is 10.8. The number of aryl methyl sites for hydroxylation is 1. The molecular formula is C20H29N5O2S. The second kappa shape index (κ2) is 8.87. The van der Waals surface area contributed by atoms with Crippen molar-refractivity contribution in [1.82, 2.24) is 14.7 Å². The molecule has 2 aromatic rings. The zero-order chi connectivity index (χ0) is 20.1. The van der Waals surface area contributed by atoms with Gasteiger partial charge >= 0.3 is 0 Å². The number of rotatable bonds is 7. The number of hydrogen-bond donors (Lipinski definition) is 2. The number of hydrogen-bond acceptors (Lipinski definition) is 6. The number of nitrogens with zero attached hydrogens (tertiary/aromatic N) is 3. The molecule has 1 fully saturated rings. The number of benzene rings is 1. The summed E-state index contributed by atoms with van der Waals surface area (Å²) >= 11 is 0. The Kier molecular flexibility index (Phi) is 6.51. The molecule has 152 valence electrons. The van der Waals surface area contributed by atoms with E-state index < -0.39 is 10.0 Å².